The van der Waals surface area contributed by atoms with Gasteiger partial charge < -0.3 is 9.66 Å². The van der Waals surface area contributed by atoms with Gasteiger partial charge in [0, 0.05) is 22.0 Å². The summed E-state index contributed by atoms with van der Waals surface area (Å²) in [5.74, 6) is 0.264. The predicted octanol–water partition coefficient (Wildman–Crippen LogP) is 1.88. The molecule has 0 atom stereocenters. The standard InChI is InChI=1S/C7H8O3S.C6H6BrNO/c1-6-2-4-7(5-3-6)11(8,9)10;1-8-4-2-3-5(9)6(8)7/h2-5H,1H3,(H,8,9,10);2-4H,1H3. The van der Waals surface area contributed by atoms with Gasteiger partial charge in [-0.1, -0.05) is 17.7 Å². The first-order chi connectivity index (χ1) is 9.21. The lowest BCUT2D eigenvalue weighted by molar-refractivity contribution is -0.682. The van der Waals surface area contributed by atoms with Crippen LogP contribution in [0.25, 0.3) is 0 Å². The lowest BCUT2D eigenvalue weighted by Crippen LogP contribution is -2.28. The topological polar surface area (TPSA) is 81.3 Å². The molecule has 20 heavy (non-hydrogen) atoms. The lowest BCUT2D eigenvalue weighted by atomic mass is 10.2. The van der Waals surface area contributed by atoms with E-state index in [9.17, 15) is 13.0 Å². The fourth-order valence-electron chi connectivity index (χ4n) is 1.28. The van der Waals surface area contributed by atoms with Gasteiger partial charge in [0.1, 0.15) is 17.2 Å². The molecule has 0 amide bonds. The Morgan fingerprint density at radius 1 is 1.20 bits per heavy atom. The van der Waals surface area contributed by atoms with Crippen molar-refractivity contribution in [3.8, 4) is 5.75 Å². The van der Waals surface area contributed by atoms with Gasteiger partial charge in [-0.05, 0) is 25.1 Å². The molecule has 0 aliphatic rings. The van der Waals surface area contributed by atoms with Crippen molar-refractivity contribution in [1.82, 2.24) is 0 Å². The average Bonchev–Trinajstić information content (AvgIpc) is 2.36. The van der Waals surface area contributed by atoms with Crippen LogP contribution in [0.15, 0.2) is 52.1 Å². The Kier molecular flexibility index (Phi) is 5.67. The number of hydrogen-bond donors (Lipinski definition) is 1. The molecule has 0 spiro atoms. The van der Waals surface area contributed by atoms with Crippen LogP contribution < -0.4 is 4.57 Å². The highest BCUT2D eigenvalue weighted by molar-refractivity contribution is 9.10. The minimum Gasteiger partial charge on any atom is -0.744 e. The fourth-order valence-corrected chi connectivity index (χ4v) is 2.00. The molecule has 0 saturated carbocycles. The van der Waals surface area contributed by atoms with Gasteiger partial charge >= 0.3 is 0 Å². The molecule has 1 aromatic heterocycles. The average molecular weight is 360 g/mol. The molecule has 0 bridgehead atoms. The largest absolute Gasteiger partial charge is 0.744 e. The van der Waals surface area contributed by atoms with Gasteiger partial charge in [-0.25, -0.2) is 8.42 Å². The van der Waals surface area contributed by atoms with E-state index in [1.165, 1.54) is 12.1 Å². The second kappa shape index (κ2) is 6.83. The number of benzene rings is 1. The first kappa shape index (κ1) is 16.6. The summed E-state index contributed by atoms with van der Waals surface area (Å²) in [6.07, 6.45) is 1.85. The summed E-state index contributed by atoms with van der Waals surface area (Å²) in [4.78, 5) is -0.178. The molecule has 108 valence electrons. The molecule has 0 radical (unpaired) electrons. The molecule has 0 aliphatic heterocycles. The van der Waals surface area contributed by atoms with Crippen LogP contribution in [0.3, 0.4) is 0 Å². The minimum atomic E-state index is -4.27. The summed E-state index contributed by atoms with van der Waals surface area (Å²) in [7, 11) is -2.42. The van der Waals surface area contributed by atoms with Gasteiger partial charge in [0.05, 0.1) is 4.90 Å². The molecule has 1 N–H and O–H groups in total. The van der Waals surface area contributed by atoms with Crippen molar-refractivity contribution in [3.63, 3.8) is 0 Å². The summed E-state index contributed by atoms with van der Waals surface area (Å²) in [5, 5.41) is 9.03. The quantitative estimate of drug-likeness (QED) is 0.478. The molecule has 2 rings (SSSR count). The van der Waals surface area contributed by atoms with Crippen LogP contribution in [-0.4, -0.2) is 18.1 Å². The van der Waals surface area contributed by atoms with E-state index >= 15 is 0 Å². The number of hydrogen-bond acceptors (Lipinski definition) is 4. The third kappa shape index (κ3) is 4.92. The molecule has 7 heteroatoms. The third-order valence-electron chi connectivity index (χ3n) is 2.39. The number of halogens is 1. The van der Waals surface area contributed by atoms with E-state index in [0.717, 1.165) is 5.56 Å². The Labute approximate surface area is 126 Å². The number of aryl methyl sites for hydroxylation is 2. The Hall–Kier alpha value is -1.44. The van der Waals surface area contributed by atoms with E-state index in [4.69, 9.17) is 5.11 Å². The smallest absolute Gasteiger partial charge is 0.289 e. The summed E-state index contributed by atoms with van der Waals surface area (Å²) in [6.45, 7) is 1.82. The van der Waals surface area contributed by atoms with E-state index < -0.39 is 10.1 Å². The van der Waals surface area contributed by atoms with E-state index in [1.807, 2.05) is 20.2 Å². The highest BCUT2D eigenvalue weighted by Gasteiger charge is 2.05. The number of pyridine rings is 1. The monoisotopic (exact) mass is 359 g/mol. The van der Waals surface area contributed by atoms with Crippen molar-refractivity contribution in [3.05, 3.63) is 52.8 Å². The molecular formula is C13H14BrNO4S. The molecule has 5 nitrogen and oxygen atoms in total. The van der Waals surface area contributed by atoms with Crippen molar-refractivity contribution >= 4 is 26.0 Å². The van der Waals surface area contributed by atoms with Gasteiger partial charge in [0.25, 0.3) is 4.60 Å². The summed E-state index contributed by atoms with van der Waals surface area (Å²) in [6, 6.07) is 9.19. The van der Waals surface area contributed by atoms with Crippen molar-refractivity contribution in [2.45, 2.75) is 11.8 Å². The van der Waals surface area contributed by atoms with Crippen LogP contribution in [0.1, 0.15) is 5.56 Å². The van der Waals surface area contributed by atoms with Crippen LogP contribution in [0.2, 0.25) is 0 Å². The van der Waals surface area contributed by atoms with E-state index in [2.05, 4.69) is 15.9 Å². The maximum absolute atomic E-state index is 10.4. The summed E-state index contributed by atoms with van der Waals surface area (Å²) >= 11 is 3.19. The van der Waals surface area contributed by atoms with Crippen LogP contribution in [0, 0.1) is 6.92 Å². The normalized spacial score (nSPS) is 10.6. The van der Waals surface area contributed by atoms with Crippen LogP contribution in [0.5, 0.6) is 5.75 Å². The van der Waals surface area contributed by atoms with E-state index in [-0.39, 0.29) is 10.6 Å². The number of nitrogens with zero attached hydrogens (tertiary/aromatic N) is 1. The summed E-state index contributed by atoms with van der Waals surface area (Å²) in [5.41, 5.74) is 0.928. The predicted molar refractivity (Wildman–Crippen MR) is 76.1 cm³/mol. The molecule has 1 aromatic carbocycles. The SMILES string of the molecule is C[n+]1cccc(O)c1Br.Cc1ccc(S(=O)(=O)[O-])cc1. The van der Waals surface area contributed by atoms with Crippen LogP contribution in [-0.2, 0) is 17.2 Å². The van der Waals surface area contributed by atoms with Gasteiger partial charge in [-0.15, -0.1) is 0 Å². The Morgan fingerprint density at radius 2 is 1.75 bits per heavy atom. The second-order valence-electron chi connectivity index (χ2n) is 4.06. The first-order valence-corrected chi connectivity index (χ1v) is 7.77. The van der Waals surface area contributed by atoms with Crippen LogP contribution >= 0.6 is 15.9 Å². The molecule has 0 unspecified atom stereocenters. The Morgan fingerprint density at radius 3 is 2.15 bits per heavy atom. The maximum Gasteiger partial charge on any atom is 0.289 e. The Bertz CT molecular complexity index is 664. The molecule has 0 aliphatic carbocycles. The highest BCUT2D eigenvalue weighted by atomic mass is 79.9. The second-order valence-corrected chi connectivity index (χ2v) is 6.19. The summed E-state index contributed by atoms with van der Waals surface area (Å²) < 4.78 is 33.7. The molecule has 2 aromatic rings. The Balaban J connectivity index is 0.000000204. The lowest BCUT2D eigenvalue weighted by Gasteiger charge is -2.05. The maximum atomic E-state index is 10.4. The highest BCUT2D eigenvalue weighted by Crippen LogP contribution is 2.16. The zero-order valence-corrected chi connectivity index (χ0v) is 13.3. The number of aromatic hydroxyl groups is 1. The van der Waals surface area contributed by atoms with Gasteiger partial charge in [0.15, 0.2) is 11.9 Å². The minimum absolute atomic E-state index is 0.178. The molecular weight excluding hydrogens is 346 g/mol. The first-order valence-electron chi connectivity index (χ1n) is 5.57. The van der Waals surface area contributed by atoms with Crippen molar-refractivity contribution < 1.29 is 22.6 Å². The van der Waals surface area contributed by atoms with E-state index in [1.54, 1.807) is 28.8 Å². The van der Waals surface area contributed by atoms with Crippen molar-refractivity contribution in [2.24, 2.45) is 7.05 Å². The van der Waals surface area contributed by atoms with E-state index in [0.29, 0.717) is 4.60 Å². The van der Waals surface area contributed by atoms with Gasteiger partial charge in [-0.2, -0.15) is 4.57 Å². The molecule has 0 fully saturated rings. The van der Waals surface area contributed by atoms with Gasteiger partial charge in [0.2, 0.25) is 0 Å². The van der Waals surface area contributed by atoms with Crippen molar-refractivity contribution in [1.29, 1.82) is 0 Å². The zero-order valence-electron chi connectivity index (χ0n) is 10.9. The number of rotatable bonds is 1. The zero-order chi connectivity index (χ0) is 15.3. The molecule has 1 heterocycles. The third-order valence-corrected chi connectivity index (χ3v) is 4.21. The van der Waals surface area contributed by atoms with Gasteiger partial charge in [-0.3, -0.25) is 0 Å². The fraction of sp³-hybridized carbons (Fsp3) is 0.154. The molecule has 0 saturated heterocycles. The van der Waals surface area contributed by atoms with Crippen molar-refractivity contribution in [2.75, 3.05) is 0 Å². The van der Waals surface area contributed by atoms with Crippen LogP contribution in [0.4, 0.5) is 0 Å². The number of aromatic nitrogens is 1.